The van der Waals surface area contributed by atoms with Crippen LogP contribution in [0.5, 0.6) is 0 Å². The maximum atomic E-state index is 13.4. The van der Waals surface area contributed by atoms with Crippen molar-refractivity contribution in [2.24, 2.45) is 28.6 Å². The Bertz CT molecular complexity index is 1100. The zero-order valence-electron chi connectivity index (χ0n) is 23.5. The molecule has 3 fully saturated rings. The number of halogens is 1. The summed E-state index contributed by atoms with van der Waals surface area (Å²) in [7, 11) is 0. The van der Waals surface area contributed by atoms with Crippen LogP contribution in [0.15, 0.2) is 23.8 Å². The fourth-order valence-corrected chi connectivity index (χ4v) is 8.21. The summed E-state index contributed by atoms with van der Waals surface area (Å²) in [6, 6.07) is 0. The van der Waals surface area contributed by atoms with Crippen LogP contribution in [0.25, 0.3) is 0 Å². The van der Waals surface area contributed by atoms with Crippen LogP contribution in [-0.2, 0) is 19.1 Å². The average Bonchev–Trinajstić information content (AvgIpc) is 3.01. The van der Waals surface area contributed by atoms with Gasteiger partial charge in [0.15, 0.2) is 11.4 Å². The van der Waals surface area contributed by atoms with Crippen molar-refractivity contribution < 1.29 is 36.2 Å². The van der Waals surface area contributed by atoms with Gasteiger partial charge in [0.2, 0.25) is 5.78 Å². The molecular weight excluding hydrogens is 432 g/mol. The number of allylic oxidation sites excluding steroid dienone is 4. The van der Waals surface area contributed by atoms with E-state index in [9.17, 15) is 24.6 Å². The van der Waals surface area contributed by atoms with E-state index >= 15 is 0 Å². The summed E-state index contributed by atoms with van der Waals surface area (Å²) < 4.78 is 43.8. The molecule has 0 saturated heterocycles. The van der Waals surface area contributed by atoms with Crippen molar-refractivity contribution in [3.63, 3.8) is 0 Å². The third kappa shape index (κ3) is 2.69. The van der Waals surface area contributed by atoms with Crippen molar-refractivity contribution in [1.82, 2.24) is 0 Å². The van der Waals surface area contributed by atoms with Gasteiger partial charge in [0.05, 0.1) is 11.0 Å². The van der Waals surface area contributed by atoms with Crippen LogP contribution in [0.4, 0.5) is 0 Å². The number of Topliss-reactive ketones (excluding diaryl/α,β-unsaturated/α-hetero) is 1. The van der Waals surface area contributed by atoms with Crippen molar-refractivity contribution in [1.29, 1.82) is 0 Å². The molecule has 7 heteroatoms. The highest BCUT2D eigenvalue weighted by Crippen LogP contribution is 2.72. The molecule has 4 rings (SSSR count). The van der Waals surface area contributed by atoms with Gasteiger partial charge in [-0.15, -0.1) is 11.6 Å². The van der Waals surface area contributed by atoms with Gasteiger partial charge >= 0.3 is 5.97 Å². The van der Waals surface area contributed by atoms with Gasteiger partial charge in [0.1, 0.15) is 6.61 Å². The molecule has 2 N–H and O–H groups in total. The first-order chi connectivity index (χ1) is 16.8. The number of ketones is 2. The van der Waals surface area contributed by atoms with Crippen LogP contribution in [0.2, 0.25) is 0 Å². The second-order valence-corrected chi connectivity index (χ2v) is 10.9. The molecule has 0 heterocycles. The van der Waals surface area contributed by atoms with Crippen molar-refractivity contribution in [3.05, 3.63) is 23.8 Å². The highest BCUT2D eigenvalue weighted by atomic mass is 35.5. The zero-order chi connectivity index (χ0) is 28.0. The van der Waals surface area contributed by atoms with E-state index in [4.69, 9.17) is 23.2 Å². The summed E-state index contributed by atoms with van der Waals surface area (Å²) >= 11 is 7.38. The lowest BCUT2D eigenvalue weighted by Crippen LogP contribution is -2.69. The topological polar surface area (TPSA) is 101 Å². The SMILES string of the molecule is [2H]C([2H])([2H])C([2H])([2H])C(=O)O[C@]1(C(=O)CO)[C@@H](C)C[C@H]2[C@@H]3CCC4=CC(=O)C=C[C@]4(C)[C@@]3(Cl)[C@@H](O)C[C@@]21C. The lowest BCUT2D eigenvalue weighted by atomic mass is 9.45. The van der Waals surface area contributed by atoms with Crippen molar-refractivity contribution in [3.8, 4) is 0 Å². The summed E-state index contributed by atoms with van der Waals surface area (Å²) in [4.78, 5) is 37.3. The third-order valence-corrected chi connectivity index (χ3v) is 10.0. The van der Waals surface area contributed by atoms with Crippen molar-refractivity contribution in [2.45, 2.75) is 76.3 Å². The molecule has 6 nitrogen and oxygen atoms in total. The fourth-order valence-electron chi connectivity index (χ4n) is 7.69. The molecule has 0 aromatic carbocycles. The summed E-state index contributed by atoms with van der Waals surface area (Å²) in [5.74, 6) is -4.25. The summed E-state index contributed by atoms with van der Waals surface area (Å²) in [5.41, 5.74) is -3.38. The largest absolute Gasteiger partial charge is 0.450 e. The number of aliphatic hydroxyl groups is 2. The molecule has 0 aromatic rings. The molecule has 0 amide bonds. The van der Waals surface area contributed by atoms with Crippen molar-refractivity contribution >= 4 is 29.1 Å². The molecule has 0 radical (unpaired) electrons. The zero-order valence-corrected chi connectivity index (χ0v) is 19.2. The minimum atomic E-state index is -3.40. The van der Waals surface area contributed by atoms with E-state index in [0.717, 1.165) is 5.57 Å². The lowest BCUT2D eigenvalue weighted by molar-refractivity contribution is -0.202. The maximum Gasteiger partial charge on any atom is 0.306 e. The number of esters is 1. The Morgan fingerprint density at radius 3 is 2.75 bits per heavy atom. The Labute approximate surface area is 201 Å². The number of rotatable bonds is 4. The Morgan fingerprint density at radius 2 is 2.09 bits per heavy atom. The number of hydrogen-bond donors (Lipinski definition) is 2. The number of ether oxygens (including phenoxy) is 1. The maximum absolute atomic E-state index is 13.4. The Morgan fingerprint density at radius 1 is 1.38 bits per heavy atom. The predicted molar refractivity (Wildman–Crippen MR) is 119 cm³/mol. The molecule has 32 heavy (non-hydrogen) atoms. The highest BCUT2D eigenvalue weighted by molar-refractivity contribution is 6.26. The standard InChI is InChI=1S/C25H33ClO6/c1-5-21(31)32-25(20(30)13-27)14(2)10-18-17-7-6-15-11-16(28)8-9-22(15,3)24(17,26)19(29)12-23(18,25)4/h8-9,11,14,17-19,27,29H,5-7,10,12-13H2,1-4H3/t14-,17-,18-,19-,22-,23-,24-,25-/m0/s1/i1D3,5D2. The van der Waals surface area contributed by atoms with Crippen LogP contribution < -0.4 is 0 Å². The molecular formula is C25H33ClO6. The number of aliphatic hydroxyl groups excluding tert-OH is 2. The number of hydrogen-bond acceptors (Lipinski definition) is 6. The molecule has 3 saturated carbocycles. The first-order valence-electron chi connectivity index (χ1n) is 13.5. The van der Waals surface area contributed by atoms with Crippen LogP contribution >= 0.6 is 11.6 Å². The average molecular weight is 470 g/mol. The van der Waals surface area contributed by atoms with Gasteiger partial charge in [-0.3, -0.25) is 14.4 Å². The van der Waals surface area contributed by atoms with Gasteiger partial charge in [-0.25, -0.2) is 0 Å². The Hall–Kier alpha value is -1.50. The molecule has 8 atom stereocenters. The van der Waals surface area contributed by atoms with E-state index in [1.165, 1.54) is 6.08 Å². The smallest absolute Gasteiger partial charge is 0.306 e. The van der Waals surface area contributed by atoms with Gasteiger partial charge in [0, 0.05) is 30.0 Å². The van der Waals surface area contributed by atoms with E-state index in [-0.39, 0.29) is 12.2 Å². The lowest BCUT2D eigenvalue weighted by Gasteiger charge is -2.64. The van der Waals surface area contributed by atoms with Crippen LogP contribution in [0.1, 0.15) is 66.5 Å². The molecule has 0 unspecified atom stereocenters. The predicted octanol–water partition coefficient (Wildman–Crippen LogP) is 3.13. The van der Waals surface area contributed by atoms with Gasteiger partial charge < -0.3 is 14.9 Å². The van der Waals surface area contributed by atoms with Crippen LogP contribution in [0, 0.1) is 28.6 Å². The van der Waals surface area contributed by atoms with E-state index < -0.39 is 76.7 Å². The van der Waals surface area contributed by atoms with E-state index in [2.05, 4.69) is 0 Å². The van der Waals surface area contributed by atoms with E-state index in [1.807, 2.05) is 6.92 Å². The molecule has 4 aliphatic rings. The molecule has 4 aliphatic carbocycles. The normalized spacial score (nSPS) is 50.4. The highest BCUT2D eigenvalue weighted by Gasteiger charge is 2.76. The molecule has 0 aromatic heterocycles. The number of alkyl halides is 1. The van der Waals surface area contributed by atoms with Crippen LogP contribution in [0.3, 0.4) is 0 Å². The number of carbonyl (C=O) groups excluding carboxylic acids is 3. The summed E-state index contributed by atoms with van der Waals surface area (Å²) in [6.45, 7) is 0.826. The van der Waals surface area contributed by atoms with E-state index in [1.54, 1.807) is 26.0 Å². The summed E-state index contributed by atoms with van der Waals surface area (Å²) in [5, 5.41) is 21.6. The Balaban J connectivity index is 1.84. The molecule has 0 spiro atoms. The quantitative estimate of drug-likeness (QED) is 0.484. The summed E-state index contributed by atoms with van der Waals surface area (Å²) in [6.07, 6.45) is 1.29. The van der Waals surface area contributed by atoms with Gasteiger partial charge in [-0.05, 0) is 49.7 Å². The first-order valence-corrected chi connectivity index (χ1v) is 11.4. The second kappa shape index (κ2) is 7.51. The van der Waals surface area contributed by atoms with Gasteiger partial charge in [-0.1, -0.05) is 39.3 Å². The van der Waals surface area contributed by atoms with E-state index in [0.29, 0.717) is 19.3 Å². The number of carbonyl (C=O) groups is 3. The Kier molecular flexibility index (Phi) is 4.20. The molecule has 0 aliphatic heterocycles. The molecule has 176 valence electrons. The minimum Gasteiger partial charge on any atom is -0.450 e. The second-order valence-electron chi connectivity index (χ2n) is 10.2. The van der Waals surface area contributed by atoms with Crippen LogP contribution in [-0.4, -0.2) is 50.9 Å². The minimum absolute atomic E-state index is 0.123. The van der Waals surface area contributed by atoms with Gasteiger partial charge in [0.25, 0.3) is 0 Å². The fraction of sp³-hybridized carbons (Fsp3) is 0.720. The monoisotopic (exact) mass is 469 g/mol. The van der Waals surface area contributed by atoms with Gasteiger partial charge in [-0.2, -0.15) is 0 Å². The van der Waals surface area contributed by atoms with Crippen molar-refractivity contribution in [2.75, 3.05) is 6.61 Å². The third-order valence-electron chi connectivity index (χ3n) is 9.09. The number of fused-ring (bicyclic) bond motifs is 5. The molecule has 0 bridgehead atoms. The first kappa shape index (κ1) is 17.9.